The molecule has 23 heteroatoms. The Bertz CT molecular complexity index is 1950. The fraction of sp³-hybridized carbons (Fsp3) is 0.452. The first-order valence-corrected chi connectivity index (χ1v) is 19.1. The molecule has 10 N–H and O–H groups in total. The number of halogens is 2. The van der Waals surface area contributed by atoms with E-state index in [1.807, 2.05) is 6.92 Å². The lowest BCUT2D eigenvalue weighted by Crippen LogP contribution is -2.34. The Morgan fingerprint density at radius 3 is 2.54 bits per heavy atom. The standard InChI is InChI=1S/C25H28F2N7O6PS.C6H14N4O2/c1-3-39-17-6-4-16(5-7-17)34-12-19(23(32-34)22-18(26)8-9-21(27)31-22)29-24(35)20-13-42-25(30-20)15-10-28-33(11-15)14(2)40-41(36,37)38;7-4(5(11)12)2-1-3-10-6(8)9/h8-14,16-17H,3-7H2,1-2H3,(H,29,35)(H2,36,37,38);4H,1-3,7H2,(H,11,12)(H4,8,9,10)/t;4-/m.0/s1. The summed E-state index contributed by atoms with van der Waals surface area (Å²) in [5.74, 6) is -3.40. The zero-order chi connectivity index (χ0) is 39.6. The van der Waals surface area contributed by atoms with Crippen LogP contribution in [-0.4, -0.2) is 87.6 Å². The van der Waals surface area contributed by atoms with Crippen molar-refractivity contribution in [3.63, 3.8) is 0 Å². The molecule has 4 aromatic rings. The molecule has 0 bridgehead atoms. The van der Waals surface area contributed by atoms with E-state index in [2.05, 4.69) is 35.3 Å². The molecule has 1 aliphatic carbocycles. The van der Waals surface area contributed by atoms with Gasteiger partial charge in [0.1, 0.15) is 28.1 Å². The van der Waals surface area contributed by atoms with Crippen LogP contribution in [0.1, 0.15) is 75.1 Å². The van der Waals surface area contributed by atoms with Crippen molar-refractivity contribution in [2.45, 2.75) is 76.8 Å². The predicted octanol–water partition coefficient (Wildman–Crippen LogP) is 3.61. The predicted molar refractivity (Wildman–Crippen MR) is 192 cm³/mol. The summed E-state index contributed by atoms with van der Waals surface area (Å²) >= 11 is 1.14. The molecule has 54 heavy (non-hydrogen) atoms. The summed E-state index contributed by atoms with van der Waals surface area (Å²) in [5, 5.41) is 30.9. The van der Waals surface area contributed by atoms with Crippen molar-refractivity contribution in [1.29, 1.82) is 5.41 Å². The van der Waals surface area contributed by atoms with Gasteiger partial charge < -0.3 is 41.7 Å². The Morgan fingerprint density at radius 1 is 1.17 bits per heavy atom. The van der Waals surface area contributed by atoms with E-state index in [4.69, 9.17) is 36.5 Å². The molecular weight excluding hydrogens is 755 g/mol. The highest BCUT2D eigenvalue weighted by Crippen LogP contribution is 2.40. The molecule has 1 saturated carbocycles. The van der Waals surface area contributed by atoms with Crippen LogP contribution >= 0.6 is 19.2 Å². The lowest BCUT2D eigenvalue weighted by atomic mass is 9.93. The minimum atomic E-state index is -4.73. The van der Waals surface area contributed by atoms with Crippen LogP contribution in [0.25, 0.3) is 22.0 Å². The number of nitrogens with zero attached hydrogens (tertiary/aromatic N) is 6. The molecule has 4 heterocycles. The van der Waals surface area contributed by atoms with E-state index in [9.17, 15) is 22.9 Å². The fourth-order valence-corrected chi connectivity index (χ4v) is 6.67. The van der Waals surface area contributed by atoms with Gasteiger partial charge in [0.05, 0.1) is 24.0 Å². The van der Waals surface area contributed by atoms with Gasteiger partial charge in [-0.1, -0.05) is 0 Å². The van der Waals surface area contributed by atoms with E-state index >= 15 is 0 Å². The maximum atomic E-state index is 14.7. The van der Waals surface area contributed by atoms with E-state index in [1.54, 1.807) is 10.9 Å². The molecule has 4 aromatic heterocycles. The largest absolute Gasteiger partial charge is 0.480 e. The Morgan fingerprint density at radius 2 is 1.89 bits per heavy atom. The monoisotopic (exact) mass is 797 g/mol. The van der Waals surface area contributed by atoms with Gasteiger partial charge in [0.2, 0.25) is 5.95 Å². The molecule has 0 aromatic carbocycles. The third-order valence-electron chi connectivity index (χ3n) is 8.01. The number of phosphoric acid groups is 1. The number of nitrogens with two attached hydrogens (primary N) is 2. The van der Waals surface area contributed by atoms with E-state index in [0.717, 1.165) is 49.2 Å². The summed E-state index contributed by atoms with van der Waals surface area (Å²) in [7, 11) is -4.73. The number of anilines is 1. The molecule has 0 saturated heterocycles. The summed E-state index contributed by atoms with van der Waals surface area (Å²) < 4.78 is 53.1. The zero-order valence-electron chi connectivity index (χ0n) is 29.3. The minimum Gasteiger partial charge on any atom is -0.480 e. The molecule has 1 amide bonds. The molecule has 0 aliphatic heterocycles. The molecule has 294 valence electrons. The third-order valence-corrected chi connectivity index (χ3v) is 9.48. The number of hydrogen-bond acceptors (Lipinski definition) is 12. The summed E-state index contributed by atoms with van der Waals surface area (Å²) in [6.07, 6.45) is 7.74. The normalized spacial score (nSPS) is 16.9. The summed E-state index contributed by atoms with van der Waals surface area (Å²) in [6, 6.07) is 1.01. The number of rotatable bonds is 15. The molecule has 0 spiro atoms. The smallest absolute Gasteiger partial charge is 0.471 e. The van der Waals surface area contributed by atoms with Crippen molar-refractivity contribution in [2.75, 3.05) is 18.5 Å². The number of carboxylic acid groups (broad SMARTS) is 1. The molecule has 2 atom stereocenters. The summed E-state index contributed by atoms with van der Waals surface area (Å²) in [4.78, 5) is 49.5. The van der Waals surface area contributed by atoms with Gasteiger partial charge in [-0.3, -0.25) is 24.2 Å². The first-order chi connectivity index (χ1) is 25.5. The number of ether oxygens (including phenoxy) is 1. The number of carbonyl (C=O) groups is 2. The van der Waals surface area contributed by atoms with Crippen LogP contribution in [0, 0.1) is 17.2 Å². The van der Waals surface area contributed by atoms with Crippen molar-refractivity contribution in [3.8, 4) is 22.0 Å². The average molecular weight is 798 g/mol. The van der Waals surface area contributed by atoms with Gasteiger partial charge in [-0.05, 0) is 64.5 Å². The second kappa shape index (κ2) is 19.1. The number of aromatic nitrogens is 6. The van der Waals surface area contributed by atoms with Gasteiger partial charge >= 0.3 is 13.8 Å². The molecular formula is C31H42F2N11O8PS. The van der Waals surface area contributed by atoms with Gasteiger partial charge in [0, 0.05) is 36.5 Å². The number of hydrogen-bond donors (Lipinski definition) is 8. The van der Waals surface area contributed by atoms with Gasteiger partial charge in [0.25, 0.3) is 5.91 Å². The topological polar surface area (TPSA) is 292 Å². The number of carbonyl (C=O) groups excluding carboxylic acids is 1. The van der Waals surface area contributed by atoms with Crippen LogP contribution in [0.5, 0.6) is 0 Å². The number of carboxylic acids is 1. The van der Waals surface area contributed by atoms with Crippen LogP contribution < -0.4 is 22.1 Å². The molecule has 0 radical (unpaired) electrons. The first-order valence-electron chi connectivity index (χ1n) is 16.7. The van der Waals surface area contributed by atoms with Gasteiger partial charge in [-0.15, -0.1) is 11.3 Å². The molecule has 1 aliphatic rings. The maximum absolute atomic E-state index is 14.7. The number of aliphatic carboxylic acids is 1. The van der Waals surface area contributed by atoms with Crippen molar-refractivity contribution in [1.82, 2.24) is 34.8 Å². The van der Waals surface area contributed by atoms with E-state index in [1.165, 1.54) is 29.4 Å². The summed E-state index contributed by atoms with van der Waals surface area (Å²) in [6.45, 7) is 4.48. The highest BCUT2D eigenvalue weighted by molar-refractivity contribution is 7.46. The molecule has 19 nitrogen and oxygen atoms in total. The van der Waals surface area contributed by atoms with Crippen molar-refractivity contribution in [2.24, 2.45) is 11.5 Å². The Labute approximate surface area is 311 Å². The van der Waals surface area contributed by atoms with Crippen molar-refractivity contribution in [3.05, 3.63) is 53.6 Å². The number of amides is 1. The number of pyridine rings is 1. The van der Waals surface area contributed by atoms with Crippen LogP contribution in [0.15, 0.2) is 36.1 Å². The first kappa shape index (κ1) is 42.0. The van der Waals surface area contributed by atoms with Gasteiger partial charge in [-0.25, -0.2) is 23.6 Å². The van der Waals surface area contributed by atoms with Crippen LogP contribution in [0.2, 0.25) is 0 Å². The van der Waals surface area contributed by atoms with E-state index in [-0.39, 0.29) is 40.9 Å². The third kappa shape index (κ3) is 12.2. The number of nitrogens with one attached hydrogen (secondary N) is 3. The molecule has 1 fully saturated rings. The lowest BCUT2D eigenvalue weighted by Gasteiger charge is -2.28. The van der Waals surface area contributed by atoms with Crippen molar-refractivity contribution >= 4 is 42.7 Å². The van der Waals surface area contributed by atoms with Crippen LogP contribution in [0.3, 0.4) is 0 Å². The maximum Gasteiger partial charge on any atom is 0.471 e. The number of thiazole rings is 1. The van der Waals surface area contributed by atoms with Crippen molar-refractivity contribution < 1.29 is 47.1 Å². The highest BCUT2D eigenvalue weighted by Gasteiger charge is 2.27. The lowest BCUT2D eigenvalue weighted by molar-refractivity contribution is -0.138. The SMILES string of the molecule is CCOC1CCC(n2cc(NC(=O)c3csc(-c4cnn(C(C)OP(=O)(O)O)c4)n3)c(-c3nc(F)ccc3F)n2)CC1.N=C(N)NCCC[C@H](N)C(=O)O. The second-order valence-electron chi connectivity index (χ2n) is 12.0. The fourth-order valence-electron chi connectivity index (χ4n) is 5.40. The van der Waals surface area contributed by atoms with Crippen LogP contribution in [0.4, 0.5) is 14.5 Å². The number of phosphoric ester groups is 1. The Hall–Kier alpha value is -4.70. The molecule has 1 unspecified atom stereocenters. The summed E-state index contributed by atoms with van der Waals surface area (Å²) in [5.41, 5.74) is 10.6. The average Bonchev–Trinajstić information content (AvgIpc) is 3.88. The molecule has 5 rings (SSSR count). The second-order valence-corrected chi connectivity index (χ2v) is 14.1. The van der Waals surface area contributed by atoms with E-state index in [0.29, 0.717) is 36.6 Å². The van der Waals surface area contributed by atoms with E-state index < -0.39 is 43.7 Å². The van der Waals surface area contributed by atoms with Gasteiger partial charge in [-0.2, -0.15) is 14.6 Å². The Balaban J connectivity index is 0.000000467. The Kier molecular flexibility index (Phi) is 14.8. The number of guanidine groups is 1. The minimum absolute atomic E-state index is 0.0111. The van der Waals surface area contributed by atoms with Gasteiger partial charge in [0.15, 0.2) is 18.0 Å². The van der Waals surface area contributed by atoms with Crippen LogP contribution in [-0.2, 0) is 18.6 Å². The quantitative estimate of drug-likeness (QED) is 0.0280. The highest BCUT2D eigenvalue weighted by atomic mass is 32.1. The zero-order valence-corrected chi connectivity index (χ0v) is 31.0.